The molecule has 0 radical (unpaired) electrons. The number of hydrogen-bond donors (Lipinski definition) is 2. The number of nitrogens with two attached hydrogens (primary N) is 1. The first kappa shape index (κ1) is 21.9. The van der Waals surface area contributed by atoms with Gasteiger partial charge in [-0.15, -0.1) is 0 Å². The number of aromatic nitrogens is 2. The summed E-state index contributed by atoms with van der Waals surface area (Å²) in [7, 11) is 0. The highest BCUT2D eigenvalue weighted by Crippen LogP contribution is 2.34. The number of primary amides is 1. The van der Waals surface area contributed by atoms with E-state index in [0.717, 1.165) is 66.7 Å². The molecule has 174 valence electrons. The number of piperidine rings is 1. The van der Waals surface area contributed by atoms with Gasteiger partial charge in [0.05, 0.1) is 5.52 Å². The molecule has 3 N–H and O–H groups in total. The first-order valence-electron chi connectivity index (χ1n) is 12.0. The van der Waals surface area contributed by atoms with Crippen LogP contribution in [0.25, 0.3) is 22.2 Å². The van der Waals surface area contributed by atoms with Crippen LogP contribution in [0.2, 0.25) is 0 Å². The molecule has 3 unspecified atom stereocenters. The minimum atomic E-state index is -0.449. The lowest BCUT2D eigenvalue weighted by Crippen LogP contribution is -2.44. The summed E-state index contributed by atoms with van der Waals surface area (Å²) in [5.41, 5.74) is 8.73. The molecule has 3 atom stereocenters. The highest BCUT2D eigenvalue weighted by Gasteiger charge is 2.24. The highest BCUT2D eigenvalue weighted by atomic mass is 16.5. The number of nitrogens with one attached hydrogen (secondary N) is 1. The third-order valence-corrected chi connectivity index (χ3v) is 6.76. The van der Waals surface area contributed by atoms with Gasteiger partial charge in [-0.3, -0.25) is 4.79 Å². The van der Waals surface area contributed by atoms with Gasteiger partial charge in [-0.1, -0.05) is 18.6 Å². The highest BCUT2D eigenvalue weighted by molar-refractivity contribution is 6.01. The number of carbonyl (C=O) groups excluding carboxylic acids is 1. The molecule has 2 aliphatic rings. The Kier molecular flexibility index (Phi) is 6.33. The Labute approximate surface area is 194 Å². The Morgan fingerprint density at radius 3 is 2.82 bits per heavy atom. The third-order valence-electron chi connectivity index (χ3n) is 6.76. The predicted octanol–water partition coefficient (Wildman–Crippen LogP) is 4.41. The normalized spacial score (nSPS) is 22.2. The van der Waals surface area contributed by atoms with Crippen LogP contribution in [0.4, 0.5) is 0 Å². The number of ether oxygens (including phenoxy) is 2. The van der Waals surface area contributed by atoms with Crippen LogP contribution in [0.1, 0.15) is 62.0 Å². The van der Waals surface area contributed by atoms with Gasteiger partial charge >= 0.3 is 0 Å². The lowest BCUT2D eigenvalue weighted by atomic mass is 10.0. The van der Waals surface area contributed by atoms with Gasteiger partial charge in [0, 0.05) is 29.2 Å². The van der Waals surface area contributed by atoms with Gasteiger partial charge in [-0.25, -0.2) is 4.68 Å². The molecule has 2 fully saturated rings. The zero-order chi connectivity index (χ0) is 22.8. The van der Waals surface area contributed by atoms with E-state index in [2.05, 4.69) is 12.2 Å². The smallest absolute Gasteiger partial charge is 0.248 e. The van der Waals surface area contributed by atoms with Crippen molar-refractivity contribution in [3.63, 3.8) is 0 Å². The average Bonchev–Trinajstić information content (AvgIpc) is 3.24. The summed E-state index contributed by atoms with van der Waals surface area (Å²) >= 11 is 0. The fourth-order valence-corrected chi connectivity index (χ4v) is 4.94. The number of amides is 1. The maximum absolute atomic E-state index is 11.9. The predicted molar refractivity (Wildman–Crippen MR) is 128 cm³/mol. The molecule has 5 rings (SSSR count). The average molecular weight is 449 g/mol. The standard InChI is InChI=1S/C26H32N4O3/c1-17(22-9-2-4-13-28-22)33-20-8-6-7-18(15-20)25-21-16-19(26(27)31)11-12-23(21)30(29-25)24-10-3-5-14-32-24/h6-8,11-12,15-17,22,24,28H,2-5,9-10,13-14H2,1H3,(H2,27,31). The van der Waals surface area contributed by atoms with Crippen molar-refractivity contribution in [3.8, 4) is 17.0 Å². The van der Waals surface area contributed by atoms with E-state index in [9.17, 15) is 4.79 Å². The van der Waals surface area contributed by atoms with Crippen molar-refractivity contribution in [2.75, 3.05) is 13.2 Å². The Hall–Kier alpha value is -2.90. The topological polar surface area (TPSA) is 91.4 Å². The third kappa shape index (κ3) is 4.61. The molecule has 0 bridgehead atoms. The zero-order valence-corrected chi connectivity index (χ0v) is 19.1. The molecule has 3 aromatic rings. The van der Waals surface area contributed by atoms with Gasteiger partial charge in [-0.2, -0.15) is 5.10 Å². The molecule has 1 amide bonds. The molecule has 33 heavy (non-hydrogen) atoms. The van der Waals surface area contributed by atoms with Crippen LogP contribution in [-0.2, 0) is 4.74 Å². The largest absolute Gasteiger partial charge is 0.489 e. The second kappa shape index (κ2) is 9.53. The number of benzene rings is 2. The maximum atomic E-state index is 11.9. The van der Waals surface area contributed by atoms with Crippen LogP contribution in [0.3, 0.4) is 0 Å². The summed E-state index contributed by atoms with van der Waals surface area (Å²) in [6.45, 7) is 3.91. The van der Waals surface area contributed by atoms with E-state index in [1.807, 2.05) is 41.1 Å². The number of fused-ring (bicyclic) bond motifs is 1. The maximum Gasteiger partial charge on any atom is 0.248 e. The van der Waals surface area contributed by atoms with Gasteiger partial charge in [0.2, 0.25) is 5.91 Å². The lowest BCUT2D eigenvalue weighted by molar-refractivity contribution is -0.0365. The molecular formula is C26H32N4O3. The molecule has 1 aromatic heterocycles. The fraction of sp³-hybridized carbons (Fsp3) is 0.462. The molecule has 7 nitrogen and oxygen atoms in total. The summed E-state index contributed by atoms with van der Waals surface area (Å²) in [5, 5.41) is 9.42. The molecule has 0 aliphatic carbocycles. The first-order valence-corrected chi connectivity index (χ1v) is 12.0. The van der Waals surface area contributed by atoms with Crippen molar-refractivity contribution in [1.82, 2.24) is 15.1 Å². The fourth-order valence-electron chi connectivity index (χ4n) is 4.94. The van der Waals surface area contributed by atoms with Crippen LogP contribution in [0, 0.1) is 0 Å². The zero-order valence-electron chi connectivity index (χ0n) is 19.1. The molecule has 0 spiro atoms. The molecule has 2 saturated heterocycles. The molecule has 2 aromatic carbocycles. The van der Waals surface area contributed by atoms with Gasteiger partial charge in [0.1, 0.15) is 17.5 Å². The van der Waals surface area contributed by atoms with Crippen molar-refractivity contribution in [2.45, 2.75) is 63.8 Å². The molecule has 0 saturated carbocycles. The number of carbonyl (C=O) groups is 1. The van der Waals surface area contributed by atoms with Crippen LogP contribution < -0.4 is 15.8 Å². The Morgan fingerprint density at radius 2 is 2.06 bits per heavy atom. The monoisotopic (exact) mass is 448 g/mol. The van der Waals surface area contributed by atoms with Crippen molar-refractivity contribution in [2.24, 2.45) is 5.73 Å². The molecule has 2 aliphatic heterocycles. The summed E-state index contributed by atoms with van der Waals surface area (Å²) in [4.78, 5) is 11.9. The molecular weight excluding hydrogens is 416 g/mol. The van der Waals surface area contributed by atoms with Gasteiger partial charge in [0.25, 0.3) is 0 Å². The van der Waals surface area contributed by atoms with E-state index >= 15 is 0 Å². The number of hydrogen-bond acceptors (Lipinski definition) is 5. The van der Waals surface area contributed by atoms with Crippen LogP contribution in [-0.4, -0.2) is 41.0 Å². The SMILES string of the molecule is CC(Oc1cccc(-c2nn(C3CCCCO3)c3ccc(C(N)=O)cc23)c1)C1CCCCN1. The lowest BCUT2D eigenvalue weighted by Gasteiger charge is -2.29. The van der Waals surface area contributed by atoms with Crippen molar-refractivity contribution in [1.29, 1.82) is 0 Å². The van der Waals surface area contributed by atoms with E-state index in [1.165, 1.54) is 12.8 Å². The Bertz CT molecular complexity index is 1130. The van der Waals surface area contributed by atoms with E-state index in [-0.39, 0.29) is 12.3 Å². The van der Waals surface area contributed by atoms with Gasteiger partial charge in [-0.05, 0) is 75.9 Å². The second-order valence-electron chi connectivity index (χ2n) is 9.12. The summed E-state index contributed by atoms with van der Waals surface area (Å²) in [5.74, 6) is 0.366. The van der Waals surface area contributed by atoms with Crippen molar-refractivity contribution < 1.29 is 14.3 Å². The van der Waals surface area contributed by atoms with Crippen LogP contribution in [0.15, 0.2) is 42.5 Å². The van der Waals surface area contributed by atoms with E-state index in [4.69, 9.17) is 20.3 Å². The summed E-state index contributed by atoms with van der Waals surface area (Å²) < 4.78 is 14.3. The van der Waals surface area contributed by atoms with Crippen molar-refractivity contribution >= 4 is 16.8 Å². The van der Waals surface area contributed by atoms with Gasteiger partial charge < -0.3 is 20.5 Å². The minimum absolute atomic E-state index is 0.0759. The second-order valence-corrected chi connectivity index (χ2v) is 9.12. The molecule has 7 heteroatoms. The van der Waals surface area contributed by atoms with Crippen LogP contribution in [0.5, 0.6) is 5.75 Å². The first-order chi connectivity index (χ1) is 16.1. The summed E-state index contributed by atoms with van der Waals surface area (Å²) in [6.07, 6.45) is 6.67. The van der Waals surface area contributed by atoms with E-state index < -0.39 is 5.91 Å². The van der Waals surface area contributed by atoms with Gasteiger partial charge in [0.15, 0.2) is 6.23 Å². The Morgan fingerprint density at radius 1 is 1.18 bits per heavy atom. The number of nitrogens with zero attached hydrogens (tertiary/aromatic N) is 2. The molecule has 3 heterocycles. The van der Waals surface area contributed by atoms with E-state index in [0.29, 0.717) is 11.6 Å². The number of rotatable bonds is 6. The van der Waals surface area contributed by atoms with Crippen LogP contribution >= 0.6 is 0 Å². The summed E-state index contributed by atoms with van der Waals surface area (Å²) in [6, 6.07) is 13.9. The Balaban J connectivity index is 1.51. The van der Waals surface area contributed by atoms with Crippen molar-refractivity contribution in [3.05, 3.63) is 48.0 Å². The van der Waals surface area contributed by atoms with E-state index in [1.54, 1.807) is 6.07 Å². The quantitative estimate of drug-likeness (QED) is 0.583. The minimum Gasteiger partial charge on any atom is -0.489 e.